The third-order valence-electron chi connectivity index (χ3n) is 10.7. The Bertz CT molecular complexity index is 1500. The largest absolute Gasteiger partial charge is 0.487 e. The number of anilines is 1. The number of ether oxygens (including phenoxy) is 3. The predicted molar refractivity (Wildman–Crippen MR) is 178 cm³/mol. The highest BCUT2D eigenvalue weighted by molar-refractivity contribution is 7.90. The standard InChI is InChI=1S/C35H47ClN2O7S/c1-22-6-5-8-31(35-44-20-29(39)21-45-35)30-13-10-26(30)18-38-15-4-3-7-24-16-28(36)12-9-27(24)19-43-33-14-11-25(17-32(33)38)34(40)37-46(41,42)23(22)2/h9,11-12,14,16-17,22-23,26,29-31,35,39H,3-8,10,13,15,18-21H2,1-2H3,(H,37,40)/t22-,23+,26-,29-,30+,31+,35+/m0/s1. The van der Waals surface area contributed by atoms with E-state index >= 15 is 0 Å². The van der Waals surface area contributed by atoms with E-state index in [1.807, 2.05) is 25.1 Å². The van der Waals surface area contributed by atoms with Crippen molar-refractivity contribution in [1.29, 1.82) is 0 Å². The fraction of sp³-hybridized carbons (Fsp3) is 0.629. The van der Waals surface area contributed by atoms with Crippen LogP contribution in [-0.2, 0) is 32.5 Å². The van der Waals surface area contributed by atoms with Crippen molar-refractivity contribution >= 4 is 33.2 Å². The van der Waals surface area contributed by atoms with Crippen LogP contribution < -0.4 is 14.4 Å². The summed E-state index contributed by atoms with van der Waals surface area (Å²) in [6.07, 6.45) is 6.30. The number of carbonyl (C=O) groups is 1. The second kappa shape index (κ2) is 14.4. The average molecular weight is 675 g/mol. The van der Waals surface area contributed by atoms with Crippen LogP contribution >= 0.6 is 11.6 Å². The molecule has 1 aliphatic carbocycles. The van der Waals surface area contributed by atoms with E-state index in [0.29, 0.717) is 35.6 Å². The van der Waals surface area contributed by atoms with Crippen LogP contribution in [0, 0.1) is 23.7 Å². The van der Waals surface area contributed by atoms with Gasteiger partial charge in [-0.2, -0.15) is 0 Å². The van der Waals surface area contributed by atoms with Crippen molar-refractivity contribution in [3.8, 4) is 5.75 Å². The Hall–Kier alpha value is -2.37. The number of aliphatic hydroxyl groups is 1. The van der Waals surface area contributed by atoms with Gasteiger partial charge in [-0.25, -0.2) is 13.1 Å². The summed E-state index contributed by atoms with van der Waals surface area (Å²) >= 11 is 6.35. The Balaban J connectivity index is 1.36. The molecule has 4 aliphatic rings. The highest BCUT2D eigenvalue weighted by atomic mass is 35.5. The van der Waals surface area contributed by atoms with E-state index in [1.54, 1.807) is 25.1 Å². The van der Waals surface area contributed by atoms with Crippen molar-refractivity contribution < 1.29 is 32.5 Å². The molecule has 1 amide bonds. The van der Waals surface area contributed by atoms with E-state index in [1.165, 1.54) is 5.56 Å². The Morgan fingerprint density at radius 2 is 1.74 bits per heavy atom. The van der Waals surface area contributed by atoms with E-state index < -0.39 is 27.3 Å². The zero-order valence-corrected chi connectivity index (χ0v) is 28.4. The minimum Gasteiger partial charge on any atom is -0.487 e. The molecule has 1 saturated carbocycles. The van der Waals surface area contributed by atoms with Crippen LogP contribution in [0.25, 0.3) is 0 Å². The van der Waals surface area contributed by atoms with Crippen LogP contribution in [0.1, 0.15) is 80.3 Å². The number of hydrogen-bond donors (Lipinski definition) is 2. The fourth-order valence-corrected chi connectivity index (χ4v) is 9.06. The summed E-state index contributed by atoms with van der Waals surface area (Å²) in [5.74, 6) is 0.776. The Morgan fingerprint density at radius 1 is 0.935 bits per heavy atom. The van der Waals surface area contributed by atoms with Gasteiger partial charge in [0.1, 0.15) is 18.5 Å². The predicted octanol–water partition coefficient (Wildman–Crippen LogP) is 5.71. The van der Waals surface area contributed by atoms with Gasteiger partial charge in [-0.3, -0.25) is 4.79 Å². The molecule has 0 radical (unpaired) electrons. The Morgan fingerprint density at radius 3 is 2.50 bits per heavy atom. The summed E-state index contributed by atoms with van der Waals surface area (Å²) in [5, 5.41) is 10.00. The summed E-state index contributed by atoms with van der Waals surface area (Å²) in [5.41, 5.74) is 3.34. The van der Waals surface area contributed by atoms with Crippen molar-refractivity contribution in [2.75, 3.05) is 31.2 Å². The number of halogens is 1. The van der Waals surface area contributed by atoms with Gasteiger partial charge in [0, 0.05) is 29.6 Å². The molecular weight excluding hydrogens is 628 g/mol. The number of carbonyl (C=O) groups excluding carboxylic acids is 1. The van der Waals surface area contributed by atoms with Gasteiger partial charge in [-0.15, -0.1) is 0 Å². The molecule has 9 nitrogen and oxygen atoms in total. The molecule has 0 spiro atoms. The molecule has 252 valence electrons. The quantitative estimate of drug-likeness (QED) is 0.396. The van der Waals surface area contributed by atoms with Gasteiger partial charge < -0.3 is 24.2 Å². The topological polar surface area (TPSA) is 114 Å². The third-order valence-corrected chi connectivity index (χ3v) is 12.8. The first-order valence-electron chi connectivity index (χ1n) is 16.9. The number of nitrogens with one attached hydrogen (secondary N) is 1. The molecule has 2 bridgehead atoms. The lowest BCUT2D eigenvalue weighted by Gasteiger charge is -2.47. The highest BCUT2D eigenvalue weighted by Crippen LogP contribution is 2.46. The zero-order chi connectivity index (χ0) is 32.4. The second-order valence-electron chi connectivity index (χ2n) is 13.7. The summed E-state index contributed by atoms with van der Waals surface area (Å²) in [6.45, 7) is 6.04. The number of nitrogens with zero attached hydrogens (tertiary/aromatic N) is 1. The number of amides is 1. The molecule has 2 aromatic carbocycles. The van der Waals surface area contributed by atoms with Gasteiger partial charge in [-0.1, -0.05) is 31.0 Å². The first-order valence-corrected chi connectivity index (χ1v) is 18.8. The maximum atomic E-state index is 13.5. The highest BCUT2D eigenvalue weighted by Gasteiger charge is 2.43. The molecule has 11 heteroatoms. The van der Waals surface area contributed by atoms with Gasteiger partial charge in [0.25, 0.3) is 5.91 Å². The molecule has 2 N–H and O–H groups in total. The van der Waals surface area contributed by atoms with Crippen molar-refractivity contribution in [3.63, 3.8) is 0 Å². The lowest BCUT2D eigenvalue weighted by molar-refractivity contribution is -0.252. The maximum Gasteiger partial charge on any atom is 0.264 e. The molecule has 3 heterocycles. The normalized spacial score (nSPS) is 32.4. The summed E-state index contributed by atoms with van der Waals surface area (Å²) in [6, 6.07) is 11.2. The summed E-state index contributed by atoms with van der Waals surface area (Å²) in [4.78, 5) is 15.8. The Labute approximate surface area is 278 Å². The number of aliphatic hydroxyl groups excluding tert-OH is 1. The van der Waals surface area contributed by atoms with E-state index in [-0.39, 0.29) is 36.9 Å². The molecule has 2 fully saturated rings. The average Bonchev–Trinajstić information content (AvgIpc) is 3.05. The molecular formula is C35H47ClN2O7S. The van der Waals surface area contributed by atoms with Crippen LogP contribution in [0.4, 0.5) is 5.69 Å². The maximum absolute atomic E-state index is 13.5. The van der Waals surface area contributed by atoms with E-state index in [4.69, 9.17) is 25.8 Å². The third kappa shape index (κ3) is 7.51. The first-order chi connectivity index (χ1) is 22.1. The molecule has 46 heavy (non-hydrogen) atoms. The van der Waals surface area contributed by atoms with Gasteiger partial charge in [-0.05, 0) is 111 Å². The van der Waals surface area contributed by atoms with Crippen LogP contribution in [0.2, 0.25) is 5.02 Å². The molecule has 6 rings (SSSR count). The molecule has 5 atom stereocenters. The number of fused-ring (bicyclic) bond motifs is 3. The SMILES string of the molecule is C[C@@H]1[C@@H](C)CCC[C@@H]([C@H]2OC[C@@H](O)CO2)[C@@H]2CC[C@H]2CN2CCCCc3cc(Cl)ccc3COc3ccc(cc32)C(=O)NS1(=O)=O. The molecule has 0 unspecified atom stereocenters. The summed E-state index contributed by atoms with van der Waals surface area (Å²) < 4.78 is 47.7. The molecule has 2 aromatic rings. The lowest BCUT2D eigenvalue weighted by atomic mass is 9.65. The Kier molecular flexibility index (Phi) is 10.5. The number of rotatable bonds is 1. The number of sulfonamides is 1. The van der Waals surface area contributed by atoms with Gasteiger partial charge >= 0.3 is 0 Å². The molecule has 3 aliphatic heterocycles. The number of benzene rings is 2. The summed E-state index contributed by atoms with van der Waals surface area (Å²) in [7, 11) is -3.92. The first kappa shape index (κ1) is 33.5. The van der Waals surface area contributed by atoms with E-state index in [0.717, 1.165) is 69.3 Å². The van der Waals surface area contributed by atoms with Crippen LogP contribution in [0.5, 0.6) is 5.75 Å². The lowest BCUT2D eigenvalue weighted by Crippen LogP contribution is -2.48. The van der Waals surface area contributed by atoms with Crippen molar-refractivity contribution in [1.82, 2.24) is 4.72 Å². The van der Waals surface area contributed by atoms with E-state index in [2.05, 4.69) is 9.62 Å². The smallest absolute Gasteiger partial charge is 0.264 e. The van der Waals surface area contributed by atoms with E-state index in [9.17, 15) is 18.3 Å². The van der Waals surface area contributed by atoms with Crippen molar-refractivity contribution in [2.45, 2.75) is 89.5 Å². The van der Waals surface area contributed by atoms with Crippen LogP contribution in [0.15, 0.2) is 36.4 Å². The molecule has 1 saturated heterocycles. The zero-order valence-electron chi connectivity index (χ0n) is 26.8. The van der Waals surface area contributed by atoms with Crippen molar-refractivity contribution in [2.24, 2.45) is 23.7 Å². The number of aryl methyl sites for hydroxylation is 1. The van der Waals surface area contributed by atoms with Gasteiger partial charge in [0.15, 0.2) is 6.29 Å². The fourth-order valence-electron chi connectivity index (χ4n) is 7.55. The van der Waals surface area contributed by atoms with Crippen molar-refractivity contribution in [3.05, 3.63) is 58.1 Å². The van der Waals surface area contributed by atoms with Gasteiger partial charge in [0.2, 0.25) is 10.0 Å². The monoisotopic (exact) mass is 674 g/mol. The second-order valence-corrected chi connectivity index (χ2v) is 16.2. The molecule has 0 aromatic heterocycles. The van der Waals surface area contributed by atoms with Crippen LogP contribution in [-0.4, -0.2) is 63.4 Å². The number of hydrogen-bond acceptors (Lipinski definition) is 8. The van der Waals surface area contributed by atoms with Gasteiger partial charge in [0.05, 0.1) is 24.2 Å². The minimum absolute atomic E-state index is 0.142. The van der Waals surface area contributed by atoms with Crippen LogP contribution in [0.3, 0.4) is 0 Å². The minimum atomic E-state index is -3.92.